The van der Waals surface area contributed by atoms with Gasteiger partial charge in [0, 0.05) is 6.54 Å². The summed E-state index contributed by atoms with van der Waals surface area (Å²) >= 11 is 0. The van der Waals surface area contributed by atoms with Crippen molar-refractivity contribution in [3.8, 4) is 0 Å². The Hall–Kier alpha value is -0.130. The van der Waals surface area contributed by atoms with E-state index in [-0.39, 0.29) is 0 Å². The van der Waals surface area contributed by atoms with Crippen molar-refractivity contribution in [1.82, 2.24) is 10.5 Å². The minimum Gasteiger partial charge on any atom is -0.240 e. The van der Waals surface area contributed by atoms with E-state index >= 15 is 0 Å². The van der Waals surface area contributed by atoms with Crippen molar-refractivity contribution in [3.63, 3.8) is 0 Å². The highest BCUT2D eigenvalue weighted by atomic mass is 32.2. The molecule has 0 atom stereocenters. The van der Waals surface area contributed by atoms with E-state index in [9.17, 15) is 8.42 Å². The Bertz CT molecular complexity index is 139. The predicted molar refractivity (Wildman–Crippen MR) is 30.6 cm³/mol. The third-order valence-corrected chi connectivity index (χ3v) is 1.66. The molecule has 0 aliphatic carbocycles. The van der Waals surface area contributed by atoms with Gasteiger partial charge in [-0.15, -0.1) is 0 Å². The first-order valence-corrected chi connectivity index (χ1v) is 3.89. The van der Waals surface area contributed by atoms with E-state index in [0.29, 0.717) is 6.54 Å². The van der Waals surface area contributed by atoms with Gasteiger partial charge in [-0.1, -0.05) is 6.92 Å². The molecule has 0 aromatic carbocycles. The Morgan fingerprint density at radius 2 is 2.12 bits per heavy atom. The molecule has 0 aliphatic heterocycles. The summed E-state index contributed by atoms with van der Waals surface area (Å²) in [5, 5.41) is 0. The van der Waals surface area contributed by atoms with Gasteiger partial charge in [0.05, 0.1) is 0 Å². The number of hydrogen-bond acceptors (Lipinski definition) is 2. The lowest BCUT2D eigenvalue weighted by atomic mass is 10.8. The summed E-state index contributed by atoms with van der Waals surface area (Å²) in [5.74, 6) is -0.582. The summed E-state index contributed by atoms with van der Waals surface area (Å²) < 4.78 is 22.8. The molecule has 0 aromatic heterocycles. The van der Waals surface area contributed by atoms with Crippen LogP contribution in [0.5, 0.6) is 0 Å². The van der Waals surface area contributed by atoms with Gasteiger partial charge in [0.25, 0.3) is 0 Å². The zero-order chi connectivity index (χ0) is 6.62. The highest BCUT2D eigenvalue weighted by Gasteiger charge is 2.01. The molecule has 0 bridgehead atoms. The second kappa shape index (κ2) is 3.01. The second-order valence-corrected chi connectivity index (χ2v) is 3.06. The van der Waals surface area contributed by atoms with Gasteiger partial charge in [0.2, 0.25) is 10.0 Å². The molecule has 0 saturated heterocycles. The molecule has 8 heavy (non-hydrogen) atoms. The third kappa shape index (κ3) is 2.95. The first-order valence-electron chi connectivity index (χ1n) is 2.24. The Morgan fingerprint density at radius 1 is 1.62 bits per heavy atom. The highest BCUT2D eigenvalue weighted by molar-refractivity contribution is 7.89. The topological polar surface area (TPSA) is 70.0 Å². The smallest absolute Gasteiger partial charge is 0.225 e. The van der Waals surface area contributed by atoms with E-state index in [4.69, 9.17) is 5.73 Å². The zero-order valence-corrected chi connectivity index (χ0v) is 5.46. The molecule has 0 fully saturated rings. The van der Waals surface area contributed by atoms with Crippen LogP contribution >= 0.6 is 0 Å². The van der Waals surface area contributed by atoms with E-state index in [0.717, 1.165) is 0 Å². The minimum atomic E-state index is -3.25. The van der Waals surface area contributed by atoms with Crippen LogP contribution in [0, 0.1) is 0 Å². The van der Waals surface area contributed by atoms with E-state index in [2.05, 4.69) is 4.72 Å². The summed E-state index contributed by atoms with van der Waals surface area (Å²) in [4.78, 5) is 0. The van der Waals surface area contributed by atoms with Gasteiger partial charge < -0.3 is 0 Å². The van der Waals surface area contributed by atoms with E-state index in [1.54, 1.807) is 6.92 Å². The molecule has 5 heteroatoms. The van der Waals surface area contributed by atoms with Gasteiger partial charge in [0.1, 0.15) is 5.88 Å². The average molecular weight is 137 g/mol. The molecule has 0 unspecified atom stereocenters. The molecular weight excluding hydrogens is 128 g/mol. The van der Waals surface area contributed by atoms with Crippen LogP contribution in [0.15, 0.2) is 0 Å². The lowest BCUT2D eigenvalue weighted by Gasteiger charge is -1.96. The van der Waals surface area contributed by atoms with Gasteiger partial charge >= 0.3 is 0 Å². The van der Waals surface area contributed by atoms with Gasteiger partial charge in [-0.2, -0.15) is 0 Å². The summed E-state index contributed by atoms with van der Waals surface area (Å²) in [5.41, 5.74) is 6.46. The number of rotatable bonds is 3. The molecule has 0 rings (SSSR count). The lowest BCUT2D eigenvalue weighted by Crippen LogP contribution is -2.26. The largest absolute Gasteiger partial charge is 0.240 e. The Kier molecular flexibility index (Phi) is 2.96. The van der Waals surface area contributed by atoms with Crippen molar-refractivity contribution in [2.24, 2.45) is 0 Å². The fourth-order valence-electron chi connectivity index (χ4n) is 0.271. The van der Waals surface area contributed by atoms with Crippen LogP contribution in [0.3, 0.4) is 0 Å². The Balaban J connectivity index is 3.76. The van der Waals surface area contributed by atoms with Crippen LogP contribution in [0.4, 0.5) is 0 Å². The Morgan fingerprint density at radius 3 is 2.25 bits per heavy atom. The van der Waals surface area contributed by atoms with Crippen molar-refractivity contribution in [2.75, 3.05) is 12.4 Å². The normalized spacial score (nSPS) is 11.8. The molecule has 0 aromatic rings. The monoisotopic (exact) mass is 137 g/mol. The van der Waals surface area contributed by atoms with Crippen molar-refractivity contribution < 1.29 is 8.42 Å². The van der Waals surface area contributed by atoms with Crippen LogP contribution in [0.25, 0.3) is 0 Å². The van der Waals surface area contributed by atoms with Gasteiger partial charge in [-0.3, -0.25) is 0 Å². The van der Waals surface area contributed by atoms with Crippen LogP contribution in [0.1, 0.15) is 6.92 Å². The summed E-state index contributed by atoms with van der Waals surface area (Å²) in [6, 6.07) is 0. The molecule has 0 saturated carbocycles. The van der Waals surface area contributed by atoms with E-state index in [1.165, 1.54) is 0 Å². The lowest BCUT2D eigenvalue weighted by molar-refractivity contribution is 0.583. The number of sulfonamides is 1. The van der Waals surface area contributed by atoms with Crippen LogP contribution in [0.2, 0.25) is 0 Å². The molecule has 0 spiro atoms. The minimum absolute atomic E-state index is 0.362. The van der Waals surface area contributed by atoms with Crippen LogP contribution < -0.4 is 10.5 Å². The maximum atomic E-state index is 10.3. The quantitative estimate of drug-likeness (QED) is 0.551. The summed E-state index contributed by atoms with van der Waals surface area (Å²) in [6.07, 6.45) is 0. The summed E-state index contributed by atoms with van der Waals surface area (Å²) in [6.45, 7) is 2.04. The van der Waals surface area contributed by atoms with E-state index in [1.807, 2.05) is 0 Å². The third-order valence-electron chi connectivity index (χ3n) is 0.554. The number of hydrogen-bond donors (Lipinski definition) is 1. The van der Waals surface area contributed by atoms with Gasteiger partial charge in [-0.25, -0.2) is 18.9 Å². The molecule has 4 nitrogen and oxygen atoms in total. The van der Waals surface area contributed by atoms with Crippen molar-refractivity contribution >= 4 is 10.0 Å². The highest BCUT2D eigenvalue weighted by Crippen LogP contribution is 1.74. The first kappa shape index (κ1) is 7.87. The maximum Gasteiger partial charge on any atom is 0.225 e. The number of nitrogens with one attached hydrogen (secondary N) is 2. The van der Waals surface area contributed by atoms with Crippen LogP contribution in [-0.4, -0.2) is 20.8 Å². The molecule has 0 aliphatic rings. The van der Waals surface area contributed by atoms with Crippen molar-refractivity contribution in [1.29, 1.82) is 0 Å². The molecule has 1 radical (unpaired) electrons. The van der Waals surface area contributed by atoms with E-state index < -0.39 is 15.9 Å². The van der Waals surface area contributed by atoms with Crippen molar-refractivity contribution in [2.45, 2.75) is 6.92 Å². The standard InChI is InChI=1S/C3H9N2O2S/c1-2-5-8(6,7)3-4/h4-5H,2-3H2,1H3. The molecule has 2 N–H and O–H groups in total. The molecular formula is C3H9N2O2S. The fraction of sp³-hybridized carbons (Fsp3) is 1.00. The van der Waals surface area contributed by atoms with Gasteiger partial charge in [-0.05, 0) is 0 Å². The molecule has 49 valence electrons. The van der Waals surface area contributed by atoms with Crippen molar-refractivity contribution in [3.05, 3.63) is 0 Å². The zero-order valence-electron chi connectivity index (χ0n) is 4.64. The molecule has 0 heterocycles. The Labute approximate surface area is 49.1 Å². The van der Waals surface area contributed by atoms with Gasteiger partial charge in [0.15, 0.2) is 0 Å². The molecule has 0 amide bonds. The first-order chi connectivity index (χ1) is 3.62. The SMILES string of the molecule is CCNS(=O)(=O)C[NH]. The van der Waals surface area contributed by atoms with Crippen LogP contribution in [-0.2, 0) is 10.0 Å². The maximum absolute atomic E-state index is 10.3. The predicted octanol–water partition coefficient (Wildman–Crippen LogP) is -0.834. The summed E-state index contributed by atoms with van der Waals surface area (Å²) in [7, 11) is -3.25. The average Bonchev–Trinajstić information content (AvgIpc) is 1.67. The fourth-order valence-corrected chi connectivity index (χ4v) is 0.813. The second-order valence-electron chi connectivity index (χ2n) is 1.26.